The maximum atomic E-state index is 8.85. The summed E-state index contributed by atoms with van der Waals surface area (Å²) < 4.78 is 6.27. The molecule has 1 aromatic heterocycles. The Labute approximate surface area is 111 Å². The lowest BCUT2D eigenvalue weighted by Gasteiger charge is -2.05. The van der Waals surface area contributed by atoms with Crippen molar-refractivity contribution in [1.82, 2.24) is 9.97 Å². The molecule has 0 atom stereocenters. The molecule has 6 heteroatoms. The van der Waals surface area contributed by atoms with Gasteiger partial charge in [-0.3, -0.25) is 0 Å². The van der Waals surface area contributed by atoms with Gasteiger partial charge in [0.05, 0.1) is 11.6 Å². The summed E-state index contributed by atoms with van der Waals surface area (Å²) in [5.74, 6) is 0.478. The molecule has 2 rings (SSSR count). The van der Waals surface area contributed by atoms with Crippen molar-refractivity contribution in [1.29, 1.82) is 0 Å². The third kappa shape index (κ3) is 3.15. The molecule has 0 saturated carbocycles. The highest BCUT2D eigenvalue weighted by molar-refractivity contribution is 9.10. The van der Waals surface area contributed by atoms with Crippen molar-refractivity contribution in [3.63, 3.8) is 0 Å². The quantitative estimate of drug-likeness (QED) is 0.945. The lowest BCUT2D eigenvalue weighted by atomic mass is 10.3. The predicted octanol–water partition coefficient (Wildman–Crippen LogP) is 3.18. The zero-order valence-corrected chi connectivity index (χ0v) is 10.9. The number of aliphatic hydroxyl groups is 1. The van der Waals surface area contributed by atoms with Crippen molar-refractivity contribution >= 4 is 27.5 Å². The van der Waals surface area contributed by atoms with Crippen LogP contribution in [-0.4, -0.2) is 15.1 Å². The lowest BCUT2D eigenvalue weighted by molar-refractivity contribution is 0.280. The average Bonchev–Trinajstić information content (AvgIpc) is 2.34. The van der Waals surface area contributed by atoms with Crippen LogP contribution in [-0.2, 0) is 6.61 Å². The van der Waals surface area contributed by atoms with Crippen molar-refractivity contribution in [3.8, 4) is 11.8 Å². The molecule has 0 saturated heterocycles. The lowest BCUT2D eigenvalue weighted by Crippen LogP contribution is -1.94. The maximum absolute atomic E-state index is 8.85. The number of rotatable bonds is 3. The summed E-state index contributed by atoms with van der Waals surface area (Å²) >= 11 is 9.29. The van der Waals surface area contributed by atoms with Crippen LogP contribution in [0.4, 0.5) is 0 Å². The van der Waals surface area contributed by atoms with Crippen molar-refractivity contribution in [2.45, 2.75) is 6.61 Å². The first-order chi connectivity index (χ1) is 8.19. The van der Waals surface area contributed by atoms with E-state index in [2.05, 4.69) is 25.9 Å². The minimum atomic E-state index is -0.0979. The Balaban J connectivity index is 2.19. The molecule has 2 aromatic rings. The van der Waals surface area contributed by atoms with Gasteiger partial charge in [0.2, 0.25) is 0 Å². The second-order valence-electron chi connectivity index (χ2n) is 3.21. The summed E-state index contributed by atoms with van der Waals surface area (Å²) in [6.45, 7) is -0.0979. The second kappa shape index (κ2) is 5.44. The first-order valence-corrected chi connectivity index (χ1v) is 5.91. The van der Waals surface area contributed by atoms with Gasteiger partial charge in [0.25, 0.3) is 0 Å². The van der Waals surface area contributed by atoms with Crippen LogP contribution in [0.1, 0.15) is 5.56 Å². The van der Waals surface area contributed by atoms with E-state index in [1.165, 1.54) is 12.4 Å². The Morgan fingerprint density at radius 3 is 2.59 bits per heavy atom. The Morgan fingerprint density at radius 2 is 2.00 bits per heavy atom. The second-order valence-corrected chi connectivity index (χ2v) is 4.53. The van der Waals surface area contributed by atoms with Crippen molar-refractivity contribution < 1.29 is 9.84 Å². The van der Waals surface area contributed by atoms with Crippen LogP contribution in [0, 0.1) is 0 Å². The summed E-state index contributed by atoms with van der Waals surface area (Å²) in [6, 6.07) is 5.43. The van der Waals surface area contributed by atoms with Gasteiger partial charge in [0, 0.05) is 22.4 Å². The molecular formula is C11H8BrClN2O2. The molecule has 0 unspecified atom stereocenters. The van der Waals surface area contributed by atoms with Crippen LogP contribution in [0.3, 0.4) is 0 Å². The van der Waals surface area contributed by atoms with Gasteiger partial charge in [-0.25, -0.2) is 9.97 Å². The summed E-state index contributed by atoms with van der Waals surface area (Å²) in [6.07, 6.45) is 2.99. The minimum absolute atomic E-state index is 0.0979. The van der Waals surface area contributed by atoms with Crippen LogP contribution in [0.15, 0.2) is 35.1 Å². The fourth-order valence-corrected chi connectivity index (χ4v) is 1.85. The molecule has 0 spiro atoms. The van der Waals surface area contributed by atoms with E-state index < -0.39 is 0 Å². The van der Waals surface area contributed by atoms with E-state index in [-0.39, 0.29) is 12.6 Å². The Bertz CT molecular complexity index is 519. The highest BCUT2D eigenvalue weighted by atomic mass is 79.9. The standard InChI is InChI=1S/C11H8BrClN2O2/c12-8-1-2-10(9(13)3-8)17-11-14-4-7(6-16)5-15-11/h1-5,16H,6H2. The molecule has 1 N–H and O–H groups in total. The van der Waals surface area contributed by atoms with Crippen LogP contribution in [0.25, 0.3) is 0 Å². The van der Waals surface area contributed by atoms with E-state index >= 15 is 0 Å². The van der Waals surface area contributed by atoms with E-state index in [1.807, 2.05) is 6.07 Å². The number of ether oxygens (including phenoxy) is 1. The van der Waals surface area contributed by atoms with Gasteiger partial charge in [0.15, 0.2) is 0 Å². The number of benzene rings is 1. The van der Waals surface area contributed by atoms with Gasteiger partial charge in [-0.05, 0) is 18.2 Å². The Hall–Kier alpha value is -1.17. The fraction of sp³-hybridized carbons (Fsp3) is 0.0909. The topological polar surface area (TPSA) is 55.2 Å². The molecule has 1 aromatic carbocycles. The Kier molecular flexibility index (Phi) is 3.93. The number of nitrogens with zero attached hydrogens (tertiary/aromatic N) is 2. The molecule has 1 heterocycles. The van der Waals surface area contributed by atoms with Crippen LogP contribution >= 0.6 is 27.5 Å². The summed E-state index contributed by atoms with van der Waals surface area (Å²) in [7, 11) is 0. The molecule has 0 amide bonds. The number of hydrogen-bond donors (Lipinski definition) is 1. The van der Waals surface area contributed by atoms with Crippen LogP contribution in [0.2, 0.25) is 5.02 Å². The molecular weight excluding hydrogens is 307 g/mol. The third-order valence-electron chi connectivity index (χ3n) is 1.96. The molecule has 0 bridgehead atoms. The Morgan fingerprint density at radius 1 is 1.29 bits per heavy atom. The molecule has 0 radical (unpaired) electrons. The first kappa shape index (κ1) is 12.3. The molecule has 0 aliphatic rings. The van der Waals surface area contributed by atoms with E-state index in [4.69, 9.17) is 21.4 Å². The number of aromatic nitrogens is 2. The van der Waals surface area contributed by atoms with Gasteiger partial charge in [-0.15, -0.1) is 0 Å². The van der Waals surface area contributed by atoms with E-state index in [9.17, 15) is 0 Å². The van der Waals surface area contributed by atoms with Crippen LogP contribution < -0.4 is 4.74 Å². The fourth-order valence-electron chi connectivity index (χ4n) is 1.13. The number of halogens is 2. The van der Waals surface area contributed by atoms with Crippen molar-refractivity contribution in [2.75, 3.05) is 0 Å². The number of aliphatic hydroxyl groups excluding tert-OH is 1. The van der Waals surface area contributed by atoms with Crippen molar-refractivity contribution in [3.05, 3.63) is 45.7 Å². The van der Waals surface area contributed by atoms with E-state index in [1.54, 1.807) is 12.1 Å². The maximum Gasteiger partial charge on any atom is 0.321 e. The smallest absolute Gasteiger partial charge is 0.321 e. The molecule has 4 nitrogen and oxygen atoms in total. The summed E-state index contributed by atoms with van der Waals surface area (Å²) in [5.41, 5.74) is 0.624. The third-order valence-corrected chi connectivity index (χ3v) is 2.75. The SMILES string of the molecule is OCc1cnc(Oc2ccc(Br)cc2Cl)nc1. The van der Waals surface area contributed by atoms with Gasteiger partial charge < -0.3 is 9.84 Å². The monoisotopic (exact) mass is 314 g/mol. The predicted molar refractivity (Wildman–Crippen MR) is 67.2 cm³/mol. The summed E-state index contributed by atoms with van der Waals surface area (Å²) in [5, 5.41) is 9.31. The van der Waals surface area contributed by atoms with Crippen LogP contribution in [0.5, 0.6) is 11.8 Å². The highest BCUT2D eigenvalue weighted by Gasteiger charge is 2.05. The normalized spacial score (nSPS) is 10.3. The summed E-state index contributed by atoms with van der Waals surface area (Å²) in [4.78, 5) is 7.89. The molecule has 88 valence electrons. The van der Waals surface area contributed by atoms with Crippen molar-refractivity contribution in [2.24, 2.45) is 0 Å². The average molecular weight is 316 g/mol. The van der Waals surface area contributed by atoms with Gasteiger partial charge in [0.1, 0.15) is 5.75 Å². The zero-order valence-electron chi connectivity index (χ0n) is 8.60. The molecule has 0 aliphatic heterocycles. The van der Waals surface area contributed by atoms with E-state index in [0.717, 1.165) is 4.47 Å². The minimum Gasteiger partial charge on any atom is -0.423 e. The van der Waals surface area contributed by atoms with Gasteiger partial charge in [-0.2, -0.15) is 0 Å². The van der Waals surface area contributed by atoms with E-state index in [0.29, 0.717) is 16.3 Å². The first-order valence-electron chi connectivity index (χ1n) is 4.73. The van der Waals surface area contributed by atoms with Gasteiger partial charge >= 0.3 is 6.01 Å². The molecule has 0 aliphatic carbocycles. The number of hydrogen-bond acceptors (Lipinski definition) is 4. The largest absolute Gasteiger partial charge is 0.423 e. The zero-order chi connectivity index (χ0) is 12.3. The molecule has 17 heavy (non-hydrogen) atoms. The highest BCUT2D eigenvalue weighted by Crippen LogP contribution is 2.30. The van der Waals surface area contributed by atoms with Gasteiger partial charge in [-0.1, -0.05) is 27.5 Å². The molecule has 0 fully saturated rings.